The number of rotatable bonds is 4. The molecule has 30 heavy (non-hydrogen) atoms. The van der Waals surface area contributed by atoms with Gasteiger partial charge in [-0.2, -0.15) is 5.10 Å². The molecule has 0 saturated heterocycles. The Bertz CT molecular complexity index is 1130. The highest BCUT2D eigenvalue weighted by atomic mass is 16.5. The molecule has 0 aliphatic carbocycles. The molecule has 0 unspecified atom stereocenters. The fraction of sp³-hybridized carbons (Fsp3) is 0.182. The topological polar surface area (TPSA) is 93.5 Å². The molecule has 2 amide bonds. The van der Waals surface area contributed by atoms with Crippen LogP contribution in [-0.2, 0) is 14.3 Å². The highest BCUT2D eigenvalue weighted by Gasteiger charge is 2.27. The fourth-order valence-electron chi connectivity index (χ4n) is 3.37. The summed E-state index contributed by atoms with van der Waals surface area (Å²) >= 11 is 0. The van der Waals surface area contributed by atoms with E-state index in [0.717, 1.165) is 17.1 Å². The molecular formula is C22H20N4O4. The van der Waals surface area contributed by atoms with Gasteiger partial charge >= 0.3 is 5.97 Å². The van der Waals surface area contributed by atoms with Crippen molar-refractivity contribution in [1.29, 1.82) is 0 Å². The summed E-state index contributed by atoms with van der Waals surface area (Å²) in [6, 6.07) is 15.7. The third-order valence-electron chi connectivity index (χ3n) is 4.76. The smallest absolute Gasteiger partial charge is 0.338 e. The van der Waals surface area contributed by atoms with Crippen molar-refractivity contribution in [1.82, 2.24) is 9.78 Å². The number of hydrogen-bond acceptors (Lipinski definition) is 5. The number of fused-ring (bicyclic) bond motifs is 1. The maximum Gasteiger partial charge on any atom is 0.338 e. The first-order chi connectivity index (χ1) is 14.4. The molecular weight excluding hydrogens is 384 g/mol. The van der Waals surface area contributed by atoms with E-state index in [1.807, 2.05) is 19.9 Å². The molecule has 1 aromatic heterocycles. The average Bonchev–Trinajstić information content (AvgIpc) is 3.09. The monoisotopic (exact) mass is 404 g/mol. The lowest BCUT2D eigenvalue weighted by atomic mass is 10.2. The fourth-order valence-corrected chi connectivity index (χ4v) is 3.37. The number of amides is 2. The number of nitrogens with zero attached hydrogens (tertiary/aromatic N) is 3. The van der Waals surface area contributed by atoms with E-state index in [-0.39, 0.29) is 12.5 Å². The zero-order valence-electron chi connectivity index (χ0n) is 16.6. The molecule has 1 aliphatic heterocycles. The summed E-state index contributed by atoms with van der Waals surface area (Å²) in [5.74, 6) is -1.38. The van der Waals surface area contributed by atoms with E-state index in [0.29, 0.717) is 16.9 Å². The summed E-state index contributed by atoms with van der Waals surface area (Å²) < 4.78 is 6.97. The average molecular weight is 404 g/mol. The van der Waals surface area contributed by atoms with Crippen LogP contribution in [0.5, 0.6) is 0 Å². The van der Waals surface area contributed by atoms with Crippen LogP contribution in [-0.4, -0.2) is 40.7 Å². The van der Waals surface area contributed by atoms with Gasteiger partial charge < -0.3 is 10.1 Å². The van der Waals surface area contributed by atoms with Crippen LogP contribution < -0.4 is 10.2 Å². The lowest BCUT2D eigenvalue weighted by Crippen LogP contribution is -2.44. The van der Waals surface area contributed by atoms with E-state index in [1.54, 1.807) is 53.2 Å². The first-order valence-electron chi connectivity index (χ1n) is 9.42. The summed E-state index contributed by atoms with van der Waals surface area (Å²) in [5, 5.41) is 7.12. The van der Waals surface area contributed by atoms with Crippen molar-refractivity contribution < 1.29 is 19.1 Å². The van der Waals surface area contributed by atoms with Crippen molar-refractivity contribution in [3.63, 3.8) is 0 Å². The number of benzene rings is 2. The zero-order valence-corrected chi connectivity index (χ0v) is 16.6. The van der Waals surface area contributed by atoms with Crippen molar-refractivity contribution in [3.8, 4) is 5.69 Å². The Hall–Kier alpha value is -3.94. The van der Waals surface area contributed by atoms with Crippen LogP contribution in [0.1, 0.15) is 21.7 Å². The summed E-state index contributed by atoms with van der Waals surface area (Å²) in [7, 11) is 0. The van der Waals surface area contributed by atoms with Gasteiger partial charge in [0.1, 0.15) is 6.54 Å². The molecule has 152 valence electrons. The van der Waals surface area contributed by atoms with Gasteiger partial charge in [-0.15, -0.1) is 0 Å². The summed E-state index contributed by atoms with van der Waals surface area (Å²) in [6.45, 7) is 3.29. The predicted molar refractivity (Wildman–Crippen MR) is 111 cm³/mol. The standard InChI is InChI=1S/C22H20N4O4/c1-14-11-15(2)26(24-14)17-9-7-16(8-10-17)22(29)30-13-21(28)25-12-20(27)23-18-5-3-4-6-19(18)25/h3-11H,12-13H2,1-2H3,(H,23,27). The number of aryl methyl sites for hydroxylation is 2. The van der Waals surface area contributed by atoms with Gasteiger partial charge in [0.15, 0.2) is 6.61 Å². The van der Waals surface area contributed by atoms with Gasteiger partial charge in [0.05, 0.1) is 28.3 Å². The molecule has 8 nitrogen and oxygen atoms in total. The molecule has 2 aromatic carbocycles. The third kappa shape index (κ3) is 3.80. The third-order valence-corrected chi connectivity index (χ3v) is 4.76. The Morgan fingerprint density at radius 2 is 1.83 bits per heavy atom. The van der Waals surface area contributed by atoms with Gasteiger partial charge in [-0.3, -0.25) is 14.5 Å². The number of carbonyl (C=O) groups is 3. The molecule has 8 heteroatoms. The Morgan fingerprint density at radius 1 is 1.10 bits per heavy atom. The van der Waals surface area contributed by atoms with Crippen molar-refractivity contribution in [3.05, 3.63) is 71.5 Å². The van der Waals surface area contributed by atoms with E-state index in [2.05, 4.69) is 10.4 Å². The van der Waals surface area contributed by atoms with Gasteiger partial charge in [0.25, 0.3) is 5.91 Å². The first kappa shape index (κ1) is 19.4. The number of carbonyl (C=O) groups excluding carboxylic acids is 3. The van der Waals surface area contributed by atoms with E-state index in [4.69, 9.17) is 4.74 Å². The second kappa shape index (κ2) is 7.82. The summed E-state index contributed by atoms with van der Waals surface area (Å²) in [4.78, 5) is 38.1. The van der Waals surface area contributed by atoms with E-state index < -0.39 is 18.5 Å². The molecule has 0 atom stereocenters. The van der Waals surface area contributed by atoms with Crippen LogP contribution in [0, 0.1) is 13.8 Å². The summed E-state index contributed by atoms with van der Waals surface area (Å²) in [5.41, 5.74) is 4.16. The molecule has 0 saturated carbocycles. The molecule has 1 aliphatic rings. The second-order valence-corrected chi connectivity index (χ2v) is 7.01. The van der Waals surface area contributed by atoms with Gasteiger partial charge in [-0.25, -0.2) is 9.48 Å². The number of para-hydroxylation sites is 2. The number of nitrogens with one attached hydrogen (secondary N) is 1. The van der Waals surface area contributed by atoms with Crippen molar-refractivity contribution in [2.75, 3.05) is 23.4 Å². The van der Waals surface area contributed by atoms with E-state index in [1.165, 1.54) is 4.90 Å². The minimum absolute atomic E-state index is 0.120. The van der Waals surface area contributed by atoms with Crippen LogP contribution in [0.15, 0.2) is 54.6 Å². The quantitative estimate of drug-likeness (QED) is 0.675. The molecule has 2 heterocycles. The van der Waals surface area contributed by atoms with Crippen molar-refractivity contribution >= 4 is 29.2 Å². The van der Waals surface area contributed by atoms with Crippen LogP contribution in [0.3, 0.4) is 0 Å². The minimum Gasteiger partial charge on any atom is -0.452 e. The molecule has 0 radical (unpaired) electrons. The van der Waals surface area contributed by atoms with Crippen LogP contribution in [0.25, 0.3) is 5.69 Å². The van der Waals surface area contributed by atoms with Crippen LogP contribution >= 0.6 is 0 Å². The van der Waals surface area contributed by atoms with Crippen molar-refractivity contribution in [2.45, 2.75) is 13.8 Å². The molecule has 1 N–H and O–H groups in total. The first-order valence-corrected chi connectivity index (χ1v) is 9.42. The Morgan fingerprint density at radius 3 is 2.53 bits per heavy atom. The molecule has 0 spiro atoms. The number of ether oxygens (including phenoxy) is 1. The predicted octanol–water partition coefficient (Wildman–Crippen LogP) is 2.63. The van der Waals surface area contributed by atoms with E-state index in [9.17, 15) is 14.4 Å². The Labute approximate surface area is 173 Å². The van der Waals surface area contributed by atoms with Gasteiger partial charge in [0, 0.05) is 5.69 Å². The largest absolute Gasteiger partial charge is 0.452 e. The van der Waals surface area contributed by atoms with Gasteiger partial charge in [-0.05, 0) is 56.3 Å². The molecule has 3 aromatic rings. The number of anilines is 2. The minimum atomic E-state index is -0.613. The molecule has 0 fully saturated rings. The zero-order chi connectivity index (χ0) is 21.3. The maximum atomic E-state index is 12.6. The normalized spacial score (nSPS) is 12.9. The van der Waals surface area contributed by atoms with Crippen LogP contribution in [0.2, 0.25) is 0 Å². The highest BCUT2D eigenvalue weighted by Crippen LogP contribution is 2.28. The number of aromatic nitrogens is 2. The number of hydrogen-bond donors (Lipinski definition) is 1. The van der Waals surface area contributed by atoms with Crippen LogP contribution in [0.4, 0.5) is 11.4 Å². The second-order valence-electron chi connectivity index (χ2n) is 7.01. The van der Waals surface area contributed by atoms with E-state index >= 15 is 0 Å². The lowest BCUT2D eigenvalue weighted by Gasteiger charge is -2.28. The Balaban J connectivity index is 1.42. The number of esters is 1. The molecule has 4 rings (SSSR count). The van der Waals surface area contributed by atoms with Gasteiger partial charge in [0.2, 0.25) is 5.91 Å². The van der Waals surface area contributed by atoms with Crippen molar-refractivity contribution in [2.24, 2.45) is 0 Å². The lowest BCUT2D eigenvalue weighted by molar-refractivity contribution is -0.124. The maximum absolute atomic E-state index is 12.6. The SMILES string of the molecule is Cc1cc(C)n(-c2ccc(C(=O)OCC(=O)N3CC(=O)Nc4ccccc43)cc2)n1. The Kier molecular flexibility index (Phi) is 5.05. The summed E-state index contributed by atoms with van der Waals surface area (Å²) in [6.07, 6.45) is 0. The molecule has 0 bridgehead atoms. The highest BCUT2D eigenvalue weighted by molar-refractivity contribution is 6.10. The van der Waals surface area contributed by atoms with Gasteiger partial charge in [-0.1, -0.05) is 12.1 Å².